The summed E-state index contributed by atoms with van der Waals surface area (Å²) in [6.07, 6.45) is 0.529. The molecule has 1 aromatic heterocycles. The van der Waals surface area contributed by atoms with Crippen molar-refractivity contribution in [1.29, 1.82) is 0 Å². The van der Waals surface area contributed by atoms with E-state index in [1.54, 1.807) is 13.2 Å². The summed E-state index contributed by atoms with van der Waals surface area (Å²) < 4.78 is 10.5. The maximum absolute atomic E-state index is 11.3. The van der Waals surface area contributed by atoms with Crippen LogP contribution >= 0.6 is 0 Å². The predicted molar refractivity (Wildman–Crippen MR) is 154 cm³/mol. The van der Waals surface area contributed by atoms with Gasteiger partial charge in [0.15, 0.2) is 11.6 Å². The zero-order chi connectivity index (χ0) is 28.2. The molecule has 1 heterocycles. The van der Waals surface area contributed by atoms with Crippen LogP contribution in [0.1, 0.15) is 22.5 Å². The lowest BCUT2D eigenvalue weighted by atomic mass is 9.99. The molecule has 202 valence electrons. The largest absolute Gasteiger partial charge is 0.505 e. The highest BCUT2D eigenvalue weighted by Crippen LogP contribution is 2.46. The van der Waals surface area contributed by atoms with Crippen molar-refractivity contribution in [2.45, 2.75) is 27.2 Å². The molecule has 0 fully saturated rings. The number of methoxy groups -OCH3 is 1. The molecule has 0 aliphatic rings. The van der Waals surface area contributed by atoms with Crippen LogP contribution in [0.5, 0.6) is 5.75 Å². The van der Waals surface area contributed by atoms with E-state index in [0.717, 1.165) is 22.1 Å². The standard InChI is InChI=1S/C30H29N7O3/c1-17-9-11-21(12-10-17)33-35-27-18(2)15-20-16-19(3)28(29(38)25(20)26(27)31)36-34-23-8-6-5-7-22(23)30-32-24(37-40-30)13-14-39-4/h5-12,15-16,38H,13-14,31H2,1-4H3. The zero-order valence-electron chi connectivity index (χ0n) is 22.7. The van der Waals surface area contributed by atoms with Gasteiger partial charge in [0, 0.05) is 13.5 Å². The molecule has 10 heteroatoms. The molecule has 0 atom stereocenters. The van der Waals surface area contributed by atoms with Crippen molar-refractivity contribution in [2.24, 2.45) is 20.5 Å². The minimum atomic E-state index is -0.0832. The average molecular weight is 536 g/mol. The Kier molecular flexibility index (Phi) is 7.61. The van der Waals surface area contributed by atoms with Gasteiger partial charge >= 0.3 is 0 Å². The van der Waals surface area contributed by atoms with Crippen LogP contribution in [0.15, 0.2) is 85.6 Å². The van der Waals surface area contributed by atoms with Crippen molar-refractivity contribution in [3.63, 3.8) is 0 Å². The molecule has 0 aliphatic heterocycles. The fraction of sp³-hybridized carbons (Fsp3) is 0.200. The van der Waals surface area contributed by atoms with Crippen LogP contribution in [0.25, 0.3) is 22.2 Å². The number of ether oxygens (including phenoxy) is 1. The van der Waals surface area contributed by atoms with Crippen LogP contribution < -0.4 is 5.73 Å². The number of azo groups is 2. The molecule has 0 radical (unpaired) electrons. The van der Waals surface area contributed by atoms with Crippen molar-refractivity contribution >= 4 is 39.2 Å². The van der Waals surface area contributed by atoms with Crippen LogP contribution in [-0.4, -0.2) is 29.0 Å². The summed E-state index contributed by atoms with van der Waals surface area (Å²) in [7, 11) is 1.62. The Labute approximate surface area is 231 Å². The lowest BCUT2D eigenvalue weighted by Gasteiger charge is -2.13. The Bertz CT molecular complexity index is 1740. The number of anilines is 1. The summed E-state index contributed by atoms with van der Waals surface area (Å²) >= 11 is 0. The van der Waals surface area contributed by atoms with Gasteiger partial charge in [-0.15, -0.1) is 15.3 Å². The van der Waals surface area contributed by atoms with Gasteiger partial charge in [0.25, 0.3) is 5.89 Å². The molecule has 0 aliphatic carbocycles. The summed E-state index contributed by atoms with van der Waals surface area (Å²) in [5.41, 5.74) is 12.2. The summed E-state index contributed by atoms with van der Waals surface area (Å²) in [6, 6.07) is 18.8. The van der Waals surface area contributed by atoms with Crippen molar-refractivity contribution in [3.05, 3.63) is 83.2 Å². The maximum atomic E-state index is 11.3. The Balaban J connectivity index is 1.53. The average Bonchev–Trinajstić information content (AvgIpc) is 3.41. The minimum absolute atomic E-state index is 0.0832. The van der Waals surface area contributed by atoms with Gasteiger partial charge in [-0.3, -0.25) is 0 Å². The molecule has 0 spiro atoms. The maximum Gasteiger partial charge on any atom is 0.260 e. The molecule has 0 unspecified atom stereocenters. The monoisotopic (exact) mass is 535 g/mol. The number of hydrogen-bond acceptors (Lipinski definition) is 10. The number of nitrogen functional groups attached to an aromatic ring is 1. The second-order valence-electron chi connectivity index (χ2n) is 9.46. The first-order valence-corrected chi connectivity index (χ1v) is 12.7. The van der Waals surface area contributed by atoms with Crippen LogP contribution in [0, 0.1) is 20.8 Å². The highest BCUT2D eigenvalue weighted by molar-refractivity contribution is 6.06. The number of nitrogens with zero attached hydrogens (tertiary/aromatic N) is 6. The van der Waals surface area contributed by atoms with Crippen LogP contribution in [0.4, 0.5) is 28.4 Å². The molecule has 0 bridgehead atoms. The lowest BCUT2D eigenvalue weighted by molar-refractivity contribution is 0.199. The van der Waals surface area contributed by atoms with Crippen LogP contribution in [-0.2, 0) is 11.2 Å². The number of fused-ring (bicyclic) bond motifs is 1. The number of rotatable bonds is 8. The van der Waals surface area contributed by atoms with Gasteiger partial charge in [-0.25, -0.2) is 0 Å². The van der Waals surface area contributed by atoms with E-state index in [2.05, 4.69) is 30.6 Å². The second-order valence-corrected chi connectivity index (χ2v) is 9.46. The Morgan fingerprint density at radius 1 is 0.900 bits per heavy atom. The highest BCUT2D eigenvalue weighted by atomic mass is 16.5. The molecule has 10 nitrogen and oxygen atoms in total. The van der Waals surface area contributed by atoms with Gasteiger partial charge in [-0.2, -0.15) is 10.1 Å². The molecule has 0 amide bonds. The lowest BCUT2D eigenvalue weighted by Crippen LogP contribution is -1.96. The summed E-state index contributed by atoms with van der Waals surface area (Å²) in [5.74, 6) is 0.774. The SMILES string of the molecule is COCCc1noc(-c2ccccc2N=Nc2c(C)cc3cc(C)c(N=Nc4ccc(C)cc4)c(N)c3c2O)n1. The van der Waals surface area contributed by atoms with E-state index in [4.69, 9.17) is 15.0 Å². The molecule has 0 saturated carbocycles. The second kappa shape index (κ2) is 11.4. The summed E-state index contributed by atoms with van der Waals surface area (Å²) in [6.45, 7) is 6.26. The number of phenols is 1. The predicted octanol–water partition coefficient (Wildman–Crippen LogP) is 8.12. The van der Waals surface area contributed by atoms with E-state index in [-0.39, 0.29) is 5.75 Å². The number of aromatic nitrogens is 2. The third-order valence-electron chi connectivity index (χ3n) is 6.45. The van der Waals surface area contributed by atoms with E-state index in [1.165, 1.54) is 0 Å². The van der Waals surface area contributed by atoms with Gasteiger partial charge in [-0.05, 0) is 73.7 Å². The van der Waals surface area contributed by atoms with E-state index >= 15 is 0 Å². The third kappa shape index (κ3) is 5.43. The van der Waals surface area contributed by atoms with Crippen molar-refractivity contribution < 1.29 is 14.4 Å². The molecule has 5 aromatic rings. The molecule has 4 aromatic carbocycles. The molecule has 3 N–H and O–H groups in total. The quantitative estimate of drug-likeness (QED) is 0.152. The first-order chi connectivity index (χ1) is 19.4. The van der Waals surface area contributed by atoms with E-state index < -0.39 is 0 Å². The number of aromatic hydroxyl groups is 1. The summed E-state index contributed by atoms with van der Waals surface area (Å²) in [5, 5.41) is 34.2. The fourth-order valence-corrected chi connectivity index (χ4v) is 4.33. The number of phenolic OH excluding ortho intramolecular Hbond substituents is 1. The van der Waals surface area contributed by atoms with Gasteiger partial charge in [0.1, 0.15) is 11.4 Å². The minimum Gasteiger partial charge on any atom is -0.505 e. The first-order valence-electron chi connectivity index (χ1n) is 12.7. The molecular formula is C30H29N7O3. The van der Waals surface area contributed by atoms with E-state index in [9.17, 15) is 5.11 Å². The van der Waals surface area contributed by atoms with Gasteiger partial charge in [-0.1, -0.05) is 35.0 Å². The Morgan fingerprint density at radius 2 is 1.60 bits per heavy atom. The van der Waals surface area contributed by atoms with E-state index in [0.29, 0.717) is 64.1 Å². The Hall–Kier alpha value is -4.96. The normalized spacial score (nSPS) is 11.8. The van der Waals surface area contributed by atoms with Crippen molar-refractivity contribution in [3.8, 4) is 17.2 Å². The third-order valence-corrected chi connectivity index (χ3v) is 6.45. The smallest absolute Gasteiger partial charge is 0.260 e. The topological polar surface area (TPSA) is 144 Å². The van der Waals surface area contributed by atoms with Gasteiger partial charge in [0.2, 0.25) is 0 Å². The first kappa shape index (κ1) is 26.6. The number of aryl methyl sites for hydroxylation is 3. The molecule has 5 rings (SSSR count). The van der Waals surface area contributed by atoms with Crippen LogP contribution in [0.2, 0.25) is 0 Å². The summed E-state index contributed by atoms with van der Waals surface area (Å²) in [4.78, 5) is 4.44. The molecule has 40 heavy (non-hydrogen) atoms. The Morgan fingerprint density at radius 3 is 2.35 bits per heavy atom. The number of benzene rings is 4. The van der Waals surface area contributed by atoms with Gasteiger partial charge < -0.3 is 20.1 Å². The van der Waals surface area contributed by atoms with Crippen molar-refractivity contribution in [1.82, 2.24) is 10.1 Å². The number of nitrogens with two attached hydrogens (primary N) is 1. The fourth-order valence-electron chi connectivity index (χ4n) is 4.33. The molecule has 0 saturated heterocycles. The van der Waals surface area contributed by atoms with E-state index in [1.807, 2.05) is 75.4 Å². The molecular weight excluding hydrogens is 506 g/mol. The highest BCUT2D eigenvalue weighted by Gasteiger charge is 2.18. The van der Waals surface area contributed by atoms with Gasteiger partial charge in [0.05, 0.1) is 34.6 Å². The van der Waals surface area contributed by atoms with Crippen molar-refractivity contribution in [2.75, 3.05) is 19.5 Å². The number of hydrogen-bond donors (Lipinski definition) is 2. The van der Waals surface area contributed by atoms with Crippen LogP contribution in [0.3, 0.4) is 0 Å². The zero-order valence-corrected chi connectivity index (χ0v) is 22.7.